The van der Waals surface area contributed by atoms with Crippen LogP contribution in [0.3, 0.4) is 0 Å². The summed E-state index contributed by atoms with van der Waals surface area (Å²) in [5, 5.41) is 3.89. The lowest BCUT2D eigenvalue weighted by atomic mass is 10.1. The first-order valence-electron chi connectivity index (χ1n) is 7.79. The van der Waals surface area contributed by atoms with Crippen LogP contribution in [0.1, 0.15) is 24.2 Å². The average Bonchev–Trinajstić information content (AvgIpc) is 2.54. The molecular weight excluding hydrogens is 296 g/mol. The van der Waals surface area contributed by atoms with Crippen LogP contribution < -0.4 is 15.7 Å². The second kappa shape index (κ2) is 6.42. The van der Waals surface area contributed by atoms with Crippen LogP contribution in [0.25, 0.3) is 11.0 Å². The first-order chi connectivity index (χ1) is 11.0. The molecule has 2 heterocycles. The first kappa shape index (κ1) is 15.6. The predicted molar refractivity (Wildman–Crippen MR) is 87.0 cm³/mol. The van der Waals surface area contributed by atoms with Gasteiger partial charge in [-0.2, -0.15) is 0 Å². The fraction of sp³-hybridized carbons (Fsp3) is 0.412. The molecule has 1 aromatic carbocycles. The summed E-state index contributed by atoms with van der Waals surface area (Å²) in [6, 6.07) is 6.88. The van der Waals surface area contributed by atoms with E-state index in [1.165, 1.54) is 0 Å². The van der Waals surface area contributed by atoms with Gasteiger partial charge in [0.25, 0.3) is 5.91 Å². The molecule has 1 N–H and O–H groups in total. The van der Waals surface area contributed by atoms with Crippen molar-refractivity contribution in [3.05, 3.63) is 40.2 Å². The van der Waals surface area contributed by atoms with Gasteiger partial charge in [-0.3, -0.25) is 4.79 Å². The van der Waals surface area contributed by atoms with E-state index in [2.05, 4.69) is 5.32 Å². The highest BCUT2D eigenvalue weighted by atomic mass is 16.5. The second-order valence-corrected chi connectivity index (χ2v) is 5.86. The zero-order valence-electron chi connectivity index (χ0n) is 13.3. The maximum Gasteiger partial charge on any atom is 0.349 e. The Kier molecular flexibility index (Phi) is 4.34. The van der Waals surface area contributed by atoms with Gasteiger partial charge in [0.2, 0.25) is 0 Å². The van der Waals surface area contributed by atoms with Crippen LogP contribution in [-0.2, 0) is 0 Å². The minimum atomic E-state index is -0.609. The Labute approximate surface area is 134 Å². The summed E-state index contributed by atoms with van der Waals surface area (Å²) < 4.78 is 10.9. The second-order valence-electron chi connectivity index (χ2n) is 5.86. The summed E-state index contributed by atoms with van der Waals surface area (Å²) in [6.45, 7) is 6.52. The SMILES string of the molecule is CC(C)Oc1ccc2cc(C(=O)N3CCNCC3)c(=O)oc2c1. The molecule has 1 saturated heterocycles. The van der Waals surface area contributed by atoms with Crippen LogP contribution in [0.2, 0.25) is 0 Å². The van der Waals surface area contributed by atoms with Gasteiger partial charge in [-0.25, -0.2) is 4.79 Å². The highest BCUT2D eigenvalue weighted by Gasteiger charge is 2.22. The number of benzene rings is 1. The third-order valence-electron chi connectivity index (χ3n) is 3.71. The van der Waals surface area contributed by atoms with E-state index < -0.39 is 5.63 Å². The minimum absolute atomic E-state index is 0.0349. The number of fused-ring (bicyclic) bond motifs is 1. The van der Waals surface area contributed by atoms with Crippen molar-refractivity contribution >= 4 is 16.9 Å². The zero-order valence-corrected chi connectivity index (χ0v) is 13.3. The van der Waals surface area contributed by atoms with Gasteiger partial charge < -0.3 is 19.4 Å². The standard InChI is InChI=1S/C17H20N2O4/c1-11(2)22-13-4-3-12-9-14(17(21)23-15(12)10-13)16(20)19-7-5-18-6-8-19/h3-4,9-11,18H,5-8H2,1-2H3. The highest BCUT2D eigenvalue weighted by Crippen LogP contribution is 2.21. The molecule has 1 aliphatic rings. The van der Waals surface area contributed by atoms with E-state index in [-0.39, 0.29) is 17.6 Å². The Morgan fingerprint density at radius 1 is 1.26 bits per heavy atom. The molecule has 1 amide bonds. The molecule has 0 spiro atoms. The maximum absolute atomic E-state index is 12.5. The van der Waals surface area contributed by atoms with Crippen molar-refractivity contribution in [1.29, 1.82) is 0 Å². The molecule has 1 aromatic heterocycles. The van der Waals surface area contributed by atoms with Crippen LogP contribution in [0.15, 0.2) is 33.5 Å². The van der Waals surface area contributed by atoms with Gasteiger partial charge in [-0.05, 0) is 32.0 Å². The monoisotopic (exact) mass is 316 g/mol. The van der Waals surface area contributed by atoms with E-state index in [9.17, 15) is 9.59 Å². The van der Waals surface area contributed by atoms with E-state index in [1.807, 2.05) is 13.8 Å². The number of amides is 1. The molecule has 0 unspecified atom stereocenters. The molecule has 23 heavy (non-hydrogen) atoms. The summed E-state index contributed by atoms with van der Waals surface area (Å²) in [7, 11) is 0. The first-order valence-corrected chi connectivity index (χ1v) is 7.79. The smallest absolute Gasteiger partial charge is 0.349 e. The highest BCUT2D eigenvalue weighted by molar-refractivity contribution is 5.96. The van der Waals surface area contributed by atoms with E-state index in [1.54, 1.807) is 29.2 Å². The largest absolute Gasteiger partial charge is 0.491 e. The third kappa shape index (κ3) is 3.37. The number of hydrogen-bond donors (Lipinski definition) is 1. The van der Waals surface area contributed by atoms with Gasteiger partial charge in [0, 0.05) is 37.6 Å². The summed E-state index contributed by atoms with van der Waals surface area (Å²) in [5.41, 5.74) is -0.107. The van der Waals surface area contributed by atoms with Gasteiger partial charge in [0.15, 0.2) is 0 Å². The van der Waals surface area contributed by atoms with Crippen LogP contribution in [0, 0.1) is 0 Å². The summed E-state index contributed by atoms with van der Waals surface area (Å²) in [6.07, 6.45) is 0.0349. The molecule has 1 fully saturated rings. The van der Waals surface area contributed by atoms with Crippen LogP contribution >= 0.6 is 0 Å². The van der Waals surface area contributed by atoms with Gasteiger partial charge in [0.1, 0.15) is 16.9 Å². The number of carbonyl (C=O) groups is 1. The molecular formula is C17H20N2O4. The van der Waals surface area contributed by atoms with Crippen LogP contribution in [0.4, 0.5) is 0 Å². The van der Waals surface area contributed by atoms with Gasteiger partial charge in [-0.15, -0.1) is 0 Å². The third-order valence-corrected chi connectivity index (χ3v) is 3.71. The average molecular weight is 316 g/mol. The van der Waals surface area contributed by atoms with Crippen molar-refractivity contribution in [2.24, 2.45) is 0 Å². The molecule has 0 bridgehead atoms. The lowest BCUT2D eigenvalue weighted by Crippen LogP contribution is -2.47. The topological polar surface area (TPSA) is 71.8 Å². The molecule has 0 atom stereocenters. The predicted octanol–water partition coefficient (Wildman–Crippen LogP) is 1.63. The Morgan fingerprint density at radius 2 is 2.00 bits per heavy atom. The van der Waals surface area contributed by atoms with Crippen molar-refractivity contribution in [1.82, 2.24) is 10.2 Å². The molecule has 1 aliphatic heterocycles. The molecule has 3 rings (SSSR count). The molecule has 0 saturated carbocycles. The molecule has 6 heteroatoms. The molecule has 2 aromatic rings. The fourth-order valence-corrected chi connectivity index (χ4v) is 2.62. The number of ether oxygens (including phenoxy) is 1. The number of nitrogens with zero attached hydrogens (tertiary/aromatic N) is 1. The Bertz CT molecular complexity index is 776. The lowest BCUT2D eigenvalue weighted by molar-refractivity contribution is 0.0731. The summed E-state index contributed by atoms with van der Waals surface area (Å²) in [5.74, 6) is 0.362. The molecule has 0 radical (unpaired) electrons. The number of carbonyl (C=O) groups excluding carboxylic acids is 1. The molecule has 0 aliphatic carbocycles. The van der Waals surface area contributed by atoms with Crippen molar-refractivity contribution in [3.63, 3.8) is 0 Å². The van der Waals surface area contributed by atoms with Gasteiger partial charge in [-0.1, -0.05) is 0 Å². The quantitative estimate of drug-likeness (QED) is 0.871. The lowest BCUT2D eigenvalue weighted by Gasteiger charge is -2.27. The van der Waals surface area contributed by atoms with Crippen molar-refractivity contribution in [2.45, 2.75) is 20.0 Å². The van der Waals surface area contributed by atoms with Crippen LogP contribution in [0.5, 0.6) is 5.75 Å². The van der Waals surface area contributed by atoms with E-state index in [0.29, 0.717) is 29.8 Å². The van der Waals surface area contributed by atoms with Crippen LogP contribution in [-0.4, -0.2) is 43.1 Å². The maximum atomic E-state index is 12.5. The summed E-state index contributed by atoms with van der Waals surface area (Å²) >= 11 is 0. The van der Waals surface area contributed by atoms with Crippen molar-refractivity contribution in [3.8, 4) is 5.75 Å². The number of hydrogen-bond acceptors (Lipinski definition) is 5. The Balaban J connectivity index is 1.94. The minimum Gasteiger partial charge on any atom is -0.491 e. The van der Waals surface area contributed by atoms with Crippen molar-refractivity contribution in [2.75, 3.05) is 26.2 Å². The van der Waals surface area contributed by atoms with Gasteiger partial charge >= 0.3 is 5.63 Å². The van der Waals surface area contributed by atoms with Gasteiger partial charge in [0.05, 0.1) is 6.10 Å². The number of piperazine rings is 1. The molecule has 122 valence electrons. The van der Waals surface area contributed by atoms with E-state index in [0.717, 1.165) is 13.1 Å². The van der Waals surface area contributed by atoms with Crippen molar-refractivity contribution < 1.29 is 13.9 Å². The normalized spacial score (nSPS) is 15.2. The fourth-order valence-electron chi connectivity index (χ4n) is 2.62. The number of nitrogens with one attached hydrogen (secondary N) is 1. The molecule has 6 nitrogen and oxygen atoms in total. The van der Waals surface area contributed by atoms with E-state index in [4.69, 9.17) is 9.15 Å². The Hall–Kier alpha value is -2.34. The zero-order chi connectivity index (χ0) is 16.4. The Morgan fingerprint density at radius 3 is 2.70 bits per heavy atom. The number of rotatable bonds is 3. The van der Waals surface area contributed by atoms with E-state index >= 15 is 0 Å². The summed E-state index contributed by atoms with van der Waals surface area (Å²) in [4.78, 5) is 26.3.